The van der Waals surface area contributed by atoms with Crippen molar-refractivity contribution in [1.82, 2.24) is 4.90 Å². The third-order valence-electron chi connectivity index (χ3n) is 5.31. The smallest absolute Gasteiger partial charge is 0.134 e. The van der Waals surface area contributed by atoms with E-state index in [0.29, 0.717) is 0 Å². The van der Waals surface area contributed by atoms with Crippen molar-refractivity contribution >= 4 is 15.9 Å². The second-order valence-corrected chi connectivity index (χ2v) is 8.29. The number of nitrogens with zero attached hydrogens (tertiary/aromatic N) is 1. The standard InChI is InChI=1S/C21H26BrNO2/c1-21(2,19(24)20(25)23-13-5-6-14-23)18-8-4-3-7-17(18)15-9-11-16(22)12-10-15/h3-4,7-12,19-20,24-25H,5-6,13-14H2,1-2H3. The monoisotopic (exact) mass is 403 g/mol. The summed E-state index contributed by atoms with van der Waals surface area (Å²) < 4.78 is 1.04. The maximum atomic E-state index is 11.0. The topological polar surface area (TPSA) is 43.7 Å². The van der Waals surface area contributed by atoms with Gasteiger partial charge in [-0.25, -0.2) is 0 Å². The van der Waals surface area contributed by atoms with E-state index in [2.05, 4.69) is 40.2 Å². The van der Waals surface area contributed by atoms with Crippen molar-refractivity contribution in [2.75, 3.05) is 13.1 Å². The number of hydrogen-bond donors (Lipinski definition) is 2. The molecule has 0 radical (unpaired) electrons. The zero-order valence-electron chi connectivity index (χ0n) is 14.8. The van der Waals surface area contributed by atoms with Gasteiger partial charge in [0.1, 0.15) is 12.3 Å². The van der Waals surface area contributed by atoms with E-state index in [0.717, 1.165) is 47.1 Å². The van der Waals surface area contributed by atoms with Crippen LogP contribution in [-0.2, 0) is 5.41 Å². The minimum absolute atomic E-state index is 0.578. The zero-order valence-corrected chi connectivity index (χ0v) is 16.4. The van der Waals surface area contributed by atoms with Gasteiger partial charge in [0.15, 0.2) is 0 Å². The van der Waals surface area contributed by atoms with Gasteiger partial charge >= 0.3 is 0 Å². The highest BCUT2D eigenvalue weighted by atomic mass is 79.9. The Morgan fingerprint density at radius 1 is 0.960 bits per heavy atom. The molecule has 0 aromatic heterocycles. The number of benzene rings is 2. The van der Waals surface area contributed by atoms with Crippen LogP contribution in [0.15, 0.2) is 53.0 Å². The third kappa shape index (κ3) is 3.82. The number of halogens is 1. The van der Waals surface area contributed by atoms with Gasteiger partial charge in [-0.3, -0.25) is 4.90 Å². The van der Waals surface area contributed by atoms with Gasteiger partial charge in [0, 0.05) is 23.0 Å². The minimum Gasteiger partial charge on any atom is -0.388 e. The molecular weight excluding hydrogens is 378 g/mol. The number of aliphatic hydroxyl groups excluding tert-OH is 2. The molecule has 1 heterocycles. The van der Waals surface area contributed by atoms with Crippen molar-refractivity contribution in [3.63, 3.8) is 0 Å². The van der Waals surface area contributed by atoms with Crippen LogP contribution in [0.2, 0.25) is 0 Å². The van der Waals surface area contributed by atoms with Crippen LogP contribution >= 0.6 is 15.9 Å². The van der Waals surface area contributed by atoms with Crippen LogP contribution in [0.4, 0.5) is 0 Å². The van der Waals surface area contributed by atoms with Crippen LogP contribution in [0.5, 0.6) is 0 Å². The fourth-order valence-electron chi connectivity index (χ4n) is 3.66. The molecule has 0 saturated carbocycles. The van der Waals surface area contributed by atoms with Crippen molar-refractivity contribution in [2.45, 2.75) is 44.4 Å². The Bertz CT molecular complexity index is 708. The molecule has 0 aliphatic carbocycles. The van der Waals surface area contributed by atoms with Gasteiger partial charge in [-0.15, -0.1) is 0 Å². The molecule has 1 fully saturated rings. The summed E-state index contributed by atoms with van der Waals surface area (Å²) in [6.45, 7) is 5.72. The summed E-state index contributed by atoms with van der Waals surface area (Å²) in [5.41, 5.74) is 2.66. The molecule has 2 N–H and O–H groups in total. The van der Waals surface area contributed by atoms with E-state index in [9.17, 15) is 10.2 Å². The molecule has 0 spiro atoms. The Balaban J connectivity index is 1.95. The molecule has 1 aliphatic rings. The molecule has 2 aromatic rings. The van der Waals surface area contributed by atoms with Gasteiger partial charge in [-0.1, -0.05) is 66.2 Å². The summed E-state index contributed by atoms with van der Waals surface area (Å²) in [5.74, 6) is 0. The van der Waals surface area contributed by atoms with Crippen LogP contribution in [0.25, 0.3) is 11.1 Å². The number of aliphatic hydroxyl groups is 2. The quantitative estimate of drug-likeness (QED) is 0.786. The van der Waals surface area contributed by atoms with Crippen molar-refractivity contribution in [3.05, 3.63) is 58.6 Å². The van der Waals surface area contributed by atoms with Crippen LogP contribution in [0.1, 0.15) is 32.3 Å². The maximum Gasteiger partial charge on any atom is 0.134 e. The Kier molecular flexibility index (Phi) is 5.64. The molecule has 2 aromatic carbocycles. The normalized spacial score (nSPS) is 18.3. The molecule has 2 atom stereocenters. The molecule has 25 heavy (non-hydrogen) atoms. The Labute approximate surface area is 158 Å². The van der Waals surface area contributed by atoms with E-state index >= 15 is 0 Å². The molecule has 134 valence electrons. The lowest BCUT2D eigenvalue weighted by atomic mass is 9.75. The molecule has 4 heteroatoms. The number of rotatable bonds is 5. The molecule has 2 unspecified atom stereocenters. The van der Waals surface area contributed by atoms with E-state index in [1.165, 1.54) is 0 Å². The van der Waals surface area contributed by atoms with E-state index in [1.54, 1.807) is 0 Å². The predicted molar refractivity (Wildman–Crippen MR) is 105 cm³/mol. The maximum absolute atomic E-state index is 11.0. The lowest BCUT2D eigenvalue weighted by molar-refractivity contribution is -0.0996. The first kappa shape index (κ1) is 18.6. The molecule has 3 nitrogen and oxygen atoms in total. The summed E-state index contributed by atoms with van der Waals surface area (Å²) >= 11 is 3.48. The number of hydrogen-bond acceptors (Lipinski definition) is 3. The molecule has 3 rings (SSSR count). The van der Waals surface area contributed by atoms with Crippen LogP contribution in [0, 0.1) is 0 Å². The van der Waals surface area contributed by atoms with E-state index in [4.69, 9.17) is 0 Å². The number of likely N-dealkylation sites (tertiary alicyclic amines) is 1. The van der Waals surface area contributed by atoms with Gasteiger partial charge in [0.2, 0.25) is 0 Å². The average Bonchev–Trinajstić information content (AvgIpc) is 3.16. The summed E-state index contributed by atoms with van der Waals surface area (Å²) in [6, 6.07) is 16.3. The van der Waals surface area contributed by atoms with Gasteiger partial charge in [-0.2, -0.15) is 0 Å². The van der Waals surface area contributed by atoms with Crippen molar-refractivity contribution in [3.8, 4) is 11.1 Å². The SMILES string of the molecule is CC(C)(c1ccccc1-c1ccc(Br)cc1)C(O)C(O)N1CCCC1. The Morgan fingerprint density at radius 2 is 1.56 bits per heavy atom. The Morgan fingerprint density at radius 3 is 2.20 bits per heavy atom. The van der Waals surface area contributed by atoms with Crippen molar-refractivity contribution < 1.29 is 10.2 Å². The Hall–Kier alpha value is -1.20. The third-order valence-corrected chi connectivity index (χ3v) is 5.84. The first-order valence-corrected chi connectivity index (χ1v) is 9.66. The summed E-state index contributed by atoms with van der Waals surface area (Å²) in [6.07, 6.45) is 0.469. The highest BCUT2D eigenvalue weighted by Gasteiger charge is 2.39. The van der Waals surface area contributed by atoms with Gasteiger partial charge in [0.25, 0.3) is 0 Å². The first-order valence-electron chi connectivity index (χ1n) is 8.87. The molecule has 0 bridgehead atoms. The summed E-state index contributed by atoms with van der Waals surface area (Å²) in [4.78, 5) is 1.98. The lowest BCUT2D eigenvalue weighted by Gasteiger charge is -2.38. The summed E-state index contributed by atoms with van der Waals surface area (Å²) in [7, 11) is 0. The second kappa shape index (κ2) is 7.58. The van der Waals surface area contributed by atoms with Crippen LogP contribution < -0.4 is 0 Å². The highest BCUT2D eigenvalue weighted by molar-refractivity contribution is 9.10. The van der Waals surface area contributed by atoms with Crippen LogP contribution in [-0.4, -0.2) is 40.5 Å². The minimum atomic E-state index is -0.859. The lowest BCUT2D eigenvalue weighted by Crippen LogP contribution is -2.50. The fourth-order valence-corrected chi connectivity index (χ4v) is 3.93. The van der Waals surface area contributed by atoms with E-state index in [1.807, 2.05) is 43.0 Å². The molecule has 1 aliphatic heterocycles. The average molecular weight is 404 g/mol. The van der Waals surface area contributed by atoms with E-state index < -0.39 is 17.7 Å². The van der Waals surface area contributed by atoms with Crippen molar-refractivity contribution in [1.29, 1.82) is 0 Å². The van der Waals surface area contributed by atoms with Gasteiger partial charge < -0.3 is 10.2 Å². The second-order valence-electron chi connectivity index (χ2n) is 7.38. The predicted octanol–water partition coefficient (Wildman–Crippen LogP) is 4.17. The van der Waals surface area contributed by atoms with Crippen LogP contribution in [0.3, 0.4) is 0 Å². The van der Waals surface area contributed by atoms with Crippen molar-refractivity contribution in [2.24, 2.45) is 0 Å². The van der Waals surface area contributed by atoms with Gasteiger partial charge in [0.05, 0.1) is 0 Å². The molecular formula is C21H26BrNO2. The van der Waals surface area contributed by atoms with Gasteiger partial charge in [-0.05, 0) is 41.7 Å². The van der Waals surface area contributed by atoms with E-state index in [-0.39, 0.29) is 0 Å². The fraction of sp³-hybridized carbons (Fsp3) is 0.429. The molecule has 1 saturated heterocycles. The zero-order chi connectivity index (χ0) is 18.0. The summed E-state index contributed by atoms with van der Waals surface area (Å²) in [5, 5.41) is 21.7. The molecule has 0 amide bonds. The highest BCUT2D eigenvalue weighted by Crippen LogP contribution is 2.37. The first-order chi connectivity index (χ1) is 11.9. The largest absolute Gasteiger partial charge is 0.388 e.